The summed E-state index contributed by atoms with van der Waals surface area (Å²) in [4.78, 5) is 0. The van der Waals surface area contributed by atoms with Crippen LogP contribution >= 0.6 is 15.9 Å². The Morgan fingerprint density at radius 1 is 1.10 bits per heavy atom. The summed E-state index contributed by atoms with van der Waals surface area (Å²) in [6.07, 6.45) is 0.175. The van der Waals surface area contributed by atoms with Gasteiger partial charge < -0.3 is 10.8 Å². The number of aliphatic hydroxyl groups excluding tert-OH is 1. The molecule has 0 amide bonds. The molecule has 0 fully saturated rings. The van der Waals surface area contributed by atoms with E-state index in [9.17, 15) is 5.11 Å². The van der Waals surface area contributed by atoms with Crippen molar-refractivity contribution < 1.29 is 5.11 Å². The molecular formula is C17H20BrNO. The first-order valence-corrected chi connectivity index (χ1v) is 7.56. The lowest BCUT2D eigenvalue weighted by Gasteiger charge is -2.36. The van der Waals surface area contributed by atoms with Crippen molar-refractivity contribution in [2.75, 3.05) is 6.54 Å². The van der Waals surface area contributed by atoms with Crippen LogP contribution in [0.2, 0.25) is 0 Å². The maximum Gasteiger partial charge on any atom is 0.0624 e. The Bertz CT molecular complexity index is 556. The monoisotopic (exact) mass is 333 g/mol. The molecule has 0 radical (unpaired) electrons. The molecule has 0 aromatic heterocycles. The normalized spacial score (nSPS) is 15.6. The van der Waals surface area contributed by atoms with E-state index in [0.29, 0.717) is 13.0 Å². The van der Waals surface area contributed by atoms with Gasteiger partial charge in [0.2, 0.25) is 0 Å². The summed E-state index contributed by atoms with van der Waals surface area (Å²) in [5, 5.41) is 10.4. The summed E-state index contributed by atoms with van der Waals surface area (Å²) in [6.45, 7) is 2.21. The summed E-state index contributed by atoms with van der Waals surface area (Å²) in [5.74, 6) is 0. The first-order valence-electron chi connectivity index (χ1n) is 6.77. The highest BCUT2D eigenvalue weighted by Gasteiger charge is 2.36. The Morgan fingerprint density at radius 2 is 1.70 bits per heavy atom. The van der Waals surface area contributed by atoms with Crippen LogP contribution in [0.4, 0.5) is 0 Å². The van der Waals surface area contributed by atoms with Gasteiger partial charge in [-0.25, -0.2) is 0 Å². The molecule has 3 heteroatoms. The smallest absolute Gasteiger partial charge is 0.0624 e. The van der Waals surface area contributed by atoms with Crippen LogP contribution in [0.25, 0.3) is 0 Å². The van der Waals surface area contributed by atoms with Crippen LogP contribution < -0.4 is 5.73 Å². The molecule has 0 saturated carbocycles. The van der Waals surface area contributed by atoms with E-state index in [2.05, 4.69) is 22.0 Å². The number of hydrogen-bond acceptors (Lipinski definition) is 2. The predicted octanol–water partition coefficient (Wildman–Crippen LogP) is 3.27. The van der Waals surface area contributed by atoms with E-state index in [-0.39, 0.29) is 0 Å². The van der Waals surface area contributed by atoms with Gasteiger partial charge in [-0.3, -0.25) is 0 Å². The van der Waals surface area contributed by atoms with Crippen molar-refractivity contribution in [1.29, 1.82) is 0 Å². The Morgan fingerprint density at radius 3 is 2.25 bits per heavy atom. The van der Waals surface area contributed by atoms with Gasteiger partial charge in [0.25, 0.3) is 0 Å². The van der Waals surface area contributed by atoms with Gasteiger partial charge in [-0.2, -0.15) is 0 Å². The summed E-state index contributed by atoms with van der Waals surface area (Å²) >= 11 is 3.58. The quantitative estimate of drug-likeness (QED) is 0.882. The van der Waals surface area contributed by atoms with Gasteiger partial charge in [0.05, 0.1) is 6.10 Å². The fourth-order valence-corrected chi connectivity index (χ4v) is 3.03. The summed E-state index contributed by atoms with van der Waals surface area (Å²) in [7, 11) is 0. The van der Waals surface area contributed by atoms with Gasteiger partial charge in [0.1, 0.15) is 0 Å². The molecule has 2 rings (SSSR count). The van der Waals surface area contributed by atoms with Crippen LogP contribution in [0.5, 0.6) is 0 Å². The van der Waals surface area contributed by atoms with Crippen LogP contribution in [-0.2, 0) is 11.8 Å². The zero-order valence-electron chi connectivity index (χ0n) is 11.6. The molecule has 0 aliphatic rings. The van der Waals surface area contributed by atoms with Gasteiger partial charge >= 0.3 is 0 Å². The standard InChI is InChI=1S/C17H20BrNO/c1-13(20)17(12-19,15-8-3-2-4-9-15)11-14-7-5-6-10-16(14)18/h2-10,13,20H,11-12,19H2,1H3. The molecule has 106 valence electrons. The number of hydrogen-bond donors (Lipinski definition) is 2. The predicted molar refractivity (Wildman–Crippen MR) is 86.7 cm³/mol. The van der Waals surface area contributed by atoms with E-state index in [1.165, 1.54) is 0 Å². The molecule has 0 bridgehead atoms. The van der Waals surface area contributed by atoms with E-state index < -0.39 is 11.5 Å². The molecule has 2 atom stereocenters. The van der Waals surface area contributed by atoms with Crippen molar-refractivity contribution in [1.82, 2.24) is 0 Å². The Kier molecular flexibility index (Phi) is 4.97. The van der Waals surface area contributed by atoms with Gasteiger partial charge in [-0.15, -0.1) is 0 Å². The lowest BCUT2D eigenvalue weighted by molar-refractivity contribution is 0.1000. The number of nitrogens with two attached hydrogens (primary N) is 1. The van der Waals surface area contributed by atoms with Crippen LogP contribution in [0.3, 0.4) is 0 Å². The average molecular weight is 334 g/mol. The first-order chi connectivity index (χ1) is 9.60. The molecular weight excluding hydrogens is 314 g/mol. The zero-order valence-corrected chi connectivity index (χ0v) is 13.2. The van der Waals surface area contributed by atoms with Crippen molar-refractivity contribution in [2.45, 2.75) is 24.9 Å². The van der Waals surface area contributed by atoms with Gasteiger partial charge in [-0.1, -0.05) is 64.5 Å². The van der Waals surface area contributed by atoms with Crippen LogP contribution in [0.15, 0.2) is 59.1 Å². The van der Waals surface area contributed by atoms with E-state index in [0.717, 1.165) is 15.6 Å². The highest BCUT2D eigenvalue weighted by Crippen LogP contribution is 2.33. The number of aliphatic hydroxyl groups is 1. The first kappa shape index (κ1) is 15.2. The van der Waals surface area contributed by atoms with Gasteiger partial charge in [-0.05, 0) is 30.5 Å². The number of halogens is 1. The highest BCUT2D eigenvalue weighted by atomic mass is 79.9. The number of rotatable bonds is 5. The topological polar surface area (TPSA) is 46.2 Å². The molecule has 2 nitrogen and oxygen atoms in total. The Balaban J connectivity index is 2.46. The summed E-state index contributed by atoms with van der Waals surface area (Å²) in [6, 6.07) is 18.1. The number of benzene rings is 2. The third-order valence-electron chi connectivity index (χ3n) is 3.98. The molecule has 0 spiro atoms. The maximum atomic E-state index is 10.4. The molecule has 0 aliphatic carbocycles. The Hall–Kier alpha value is -1.16. The second kappa shape index (κ2) is 6.53. The minimum absolute atomic E-state index is 0.399. The van der Waals surface area contributed by atoms with Gasteiger partial charge in [0.15, 0.2) is 0 Å². The molecule has 2 aromatic rings. The maximum absolute atomic E-state index is 10.4. The van der Waals surface area contributed by atoms with Crippen molar-refractivity contribution in [3.8, 4) is 0 Å². The molecule has 0 aliphatic heterocycles. The fraction of sp³-hybridized carbons (Fsp3) is 0.294. The zero-order chi connectivity index (χ0) is 14.6. The minimum Gasteiger partial charge on any atom is -0.392 e. The highest BCUT2D eigenvalue weighted by molar-refractivity contribution is 9.10. The van der Waals surface area contributed by atoms with Crippen LogP contribution in [-0.4, -0.2) is 17.8 Å². The van der Waals surface area contributed by atoms with Crippen molar-refractivity contribution in [3.63, 3.8) is 0 Å². The molecule has 2 aromatic carbocycles. The molecule has 3 N–H and O–H groups in total. The fourth-order valence-electron chi connectivity index (χ4n) is 2.60. The van der Waals surface area contributed by atoms with E-state index >= 15 is 0 Å². The summed E-state index contributed by atoms with van der Waals surface area (Å²) < 4.78 is 1.05. The van der Waals surface area contributed by atoms with E-state index in [1.54, 1.807) is 0 Å². The van der Waals surface area contributed by atoms with Crippen LogP contribution in [0, 0.1) is 0 Å². The van der Waals surface area contributed by atoms with Crippen molar-refractivity contribution in [2.24, 2.45) is 5.73 Å². The largest absolute Gasteiger partial charge is 0.392 e. The average Bonchev–Trinajstić information content (AvgIpc) is 2.47. The molecule has 20 heavy (non-hydrogen) atoms. The summed E-state index contributed by atoms with van der Waals surface area (Å²) in [5.41, 5.74) is 7.83. The SMILES string of the molecule is CC(O)C(CN)(Cc1ccccc1Br)c1ccccc1. The minimum atomic E-state index is -0.526. The van der Waals surface area contributed by atoms with Gasteiger partial charge in [0, 0.05) is 16.4 Å². The lowest BCUT2D eigenvalue weighted by atomic mass is 9.72. The van der Waals surface area contributed by atoms with Crippen LogP contribution in [0.1, 0.15) is 18.1 Å². The second-order valence-electron chi connectivity index (χ2n) is 5.17. The van der Waals surface area contributed by atoms with E-state index in [1.807, 2.05) is 55.5 Å². The lowest BCUT2D eigenvalue weighted by Crippen LogP contribution is -2.46. The molecule has 0 saturated heterocycles. The van der Waals surface area contributed by atoms with E-state index in [4.69, 9.17) is 5.73 Å². The molecule has 0 heterocycles. The Labute approximate surface area is 128 Å². The second-order valence-corrected chi connectivity index (χ2v) is 6.02. The molecule has 2 unspecified atom stereocenters. The third-order valence-corrected chi connectivity index (χ3v) is 4.75. The third kappa shape index (κ3) is 2.95. The van der Waals surface area contributed by atoms with Crippen molar-refractivity contribution >= 4 is 15.9 Å². The van der Waals surface area contributed by atoms with Crippen molar-refractivity contribution in [3.05, 3.63) is 70.2 Å².